The first-order chi connectivity index (χ1) is 39.6. The average Bonchev–Trinajstić information content (AvgIpc) is 3.44. The van der Waals surface area contributed by atoms with Crippen molar-refractivity contribution in [3.8, 4) is 0 Å². The van der Waals surface area contributed by atoms with Gasteiger partial charge in [-0.05, 0) is 70.6 Å². The van der Waals surface area contributed by atoms with Gasteiger partial charge >= 0.3 is 11.9 Å². The summed E-state index contributed by atoms with van der Waals surface area (Å²) in [6.45, 7) is 4.66. The van der Waals surface area contributed by atoms with Crippen molar-refractivity contribution in [3.63, 3.8) is 0 Å². The molecule has 9 heteroatoms. The van der Waals surface area contributed by atoms with Gasteiger partial charge in [0, 0.05) is 12.8 Å². The van der Waals surface area contributed by atoms with Crippen molar-refractivity contribution < 1.29 is 42.9 Å². The predicted molar refractivity (Wildman–Crippen MR) is 343 cm³/mol. The molecule has 0 aromatic heterocycles. The number of likely N-dealkylation sites (N-methyl/N-ethyl adjacent to an activating group) is 1. The fraction of sp³-hybridized carbons (Fsp3) is 0.764. The third kappa shape index (κ3) is 63.9. The lowest BCUT2D eigenvalue weighted by molar-refractivity contribution is -0.870. The van der Waals surface area contributed by atoms with E-state index in [9.17, 15) is 19.5 Å². The zero-order chi connectivity index (χ0) is 59.1. The van der Waals surface area contributed by atoms with E-state index >= 15 is 0 Å². The Labute approximate surface area is 500 Å². The largest absolute Gasteiger partial charge is 0.545 e. The van der Waals surface area contributed by atoms with Gasteiger partial charge in [0.05, 0.1) is 40.3 Å². The Bertz CT molecular complexity index is 1600. The number of carbonyl (C=O) groups excluding carboxylic acids is 3. The fourth-order valence-electron chi connectivity index (χ4n) is 9.52. The van der Waals surface area contributed by atoms with E-state index in [4.69, 9.17) is 18.9 Å². The molecule has 2 atom stereocenters. The molecular formula is C72H127NO8. The molecule has 0 heterocycles. The van der Waals surface area contributed by atoms with E-state index < -0.39 is 24.3 Å². The van der Waals surface area contributed by atoms with E-state index in [1.807, 2.05) is 21.1 Å². The van der Waals surface area contributed by atoms with Gasteiger partial charge in [0.25, 0.3) is 0 Å². The number of hydrogen-bond donors (Lipinski definition) is 0. The molecule has 0 saturated carbocycles. The van der Waals surface area contributed by atoms with Crippen LogP contribution in [0.2, 0.25) is 0 Å². The minimum Gasteiger partial charge on any atom is -0.545 e. The molecule has 81 heavy (non-hydrogen) atoms. The van der Waals surface area contributed by atoms with Crippen LogP contribution in [0.4, 0.5) is 0 Å². The Morgan fingerprint density at radius 2 is 0.704 bits per heavy atom. The van der Waals surface area contributed by atoms with Crippen molar-refractivity contribution in [3.05, 3.63) is 85.1 Å². The normalized spacial score (nSPS) is 13.2. The van der Waals surface area contributed by atoms with Crippen molar-refractivity contribution in [1.82, 2.24) is 0 Å². The second kappa shape index (κ2) is 62.5. The second-order valence-corrected chi connectivity index (χ2v) is 23.7. The number of carbonyl (C=O) groups is 3. The van der Waals surface area contributed by atoms with Crippen LogP contribution in [-0.4, -0.2) is 82.3 Å². The summed E-state index contributed by atoms with van der Waals surface area (Å²) in [5, 5.41) is 11.8. The number of hydrogen-bond acceptors (Lipinski definition) is 8. The van der Waals surface area contributed by atoms with E-state index in [0.29, 0.717) is 23.9 Å². The Balaban J connectivity index is 4.17. The number of ether oxygens (including phenoxy) is 4. The zero-order valence-electron chi connectivity index (χ0n) is 53.4. The number of quaternary nitrogens is 1. The second-order valence-electron chi connectivity index (χ2n) is 23.7. The molecule has 0 aliphatic carbocycles. The van der Waals surface area contributed by atoms with Crippen molar-refractivity contribution >= 4 is 17.9 Å². The maximum absolute atomic E-state index is 12.9. The number of nitrogens with zero attached hydrogens (tertiary/aromatic N) is 1. The monoisotopic (exact) mass is 1130 g/mol. The van der Waals surface area contributed by atoms with Gasteiger partial charge in [0.1, 0.15) is 13.2 Å². The Morgan fingerprint density at radius 3 is 1.05 bits per heavy atom. The minimum absolute atomic E-state index is 0.144. The summed E-state index contributed by atoms with van der Waals surface area (Å²) in [6, 6.07) is 0. The van der Waals surface area contributed by atoms with E-state index in [2.05, 4.69) is 98.9 Å². The van der Waals surface area contributed by atoms with Crippen molar-refractivity contribution in [2.24, 2.45) is 0 Å². The average molecular weight is 1130 g/mol. The molecule has 0 aliphatic rings. The van der Waals surface area contributed by atoms with Crippen molar-refractivity contribution in [2.45, 2.75) is 309 Å². The highest BCUT2D eigenvalue weighted by Gasteiger charge is 2.22. The van der Waals surface area contributed by atoms with Crippen molar-refractivity contribution in [2.75, 3.05) is 47.5 Å². The van der Waals surface area contributed by atoms with Gasteiger partial charge in [0.2, 0.25) is 0 Å². The van der Waals surface area contributed by atoms with Crippen LogP contribution in [-0.2, 0) is 33.3 Å². The molecular weight excluding hydrogens is 1010 g/mol. The van der Waals surface area contributed by atoms with Gasteiger partial charge in [-0.3, -0.25) is 9.59 Å². The summed E-state index contributed by atoms with van der Waals surface area (Å²) >= 11 is 0. The van der Waals surface area contributed by atoms with Crippen LogP contribution in [0.25, 0.3) is 0 Å². The first kappa shape index (κ1) is 77.5. The summed E-state index contributed by atoms with van der Waals surface area (Å²) in [6.07, 6.45) is 80.8. The van der Waals surface area contributed by atoms with Gasteiger partial charge < -0.3 is 33.3 Å². The Morgan fingerprint density at radius 1 is 0.383 bits per heavy atom. The third-order valence-corrected chi connectivity index (χ3v) is 14.7. The number of unbranched alkanes of at least 4 members (excludes halogenated alkanes) is 33. The van der Waals surface area contributed by atoms with Crippen LogP contribution in [0.5, 0.6) is 0 Å². The van der Waals surface area contributed by atoms with Gasteiger partial charge in [-0.25, -0.2) is 0 Å². The molecule has 0 rings (SSSR count). The maximum Gasteiger partial charge on any atom is 0.306 e. The highest BCUT2D eigenvalue weighted by Crippen LogP contribution is 2.18. The first-order valence-corrected chi connectivity index (χ1v) is 33.7. The summed E-state index contributed by atoms with van der Waals surface area (Å²) in [5.41, 5.74) is 0. The molecule has 0 aromatic carbocycles. The molecule has 0 spiro atoms. The molecule has 0 N–H and O–H groups in total. The molecule has 2 unspecified atom stereocenters. The van der Waals surface area contributed by atoms with Gasteiger partial charge in [-0.15, -0.1) is 0 Å². The van der Waals surface area contributed by atoms with Crippen LogP contribution in [0.3, 0.4) is 0 Å². The number of allylic oxidation sites excluding steroid dienone is 14. The smallest absolute Gasteiger partial charge is 0.306 e. The van der Waals surface area contributed by atoms with Crippen LogP contribution in [0.15, 0.2) is 85.1 Å². The molecule has 0 saturated heterocycles. The number of carboxylic acid groups (broad SMARTS) is 1. The van der Waals surface area contributed by atoms with E-state index in [0.717, 1.165) is 89.9 Å². The molecule has 468 valence electrons. The highest BCUT2D eigenvalue weighted by atomic mass is 16.7. The topological polar surface area (TPSA) is 111 Å². The molecule has 0 aliphatic heterocycles. The standard InChI is InChI=1S/C72H127NO8/c1-6-8-10-12-14-16-18-20-22-24-26-28-30-32-33-34-35-36-37-39-41-43-45-47-49-51-53-55-57-59-61-63-70(75)81-68(67-80-72(71(76)77)78-65-64-73(3,4)5)66-79-69(74)62-60-58-56-54-52-50-48-46-44-42-40-38-31-29-27-25-23-21-19-17-15-13-11-9-7-2/h8,10,14,16,20,22,26,28,32-33,35-36,39,41,68,72H,6-7,9,11-13,15,17-19,21,23-25,27,29-31,34,37-38,40,42-67H2,1-5H3/b10-8-,16-14-,22-20-,28-26-,33-32-,36-35-,41-39-. The summed E-state index contributed by atoms with van der Waals surface area (Å²) < 4.78 is 22.8. The number of aliphatic carboxylic acids is 1. The molecule has 0 fully saturated rings. The molecule has 0 radical (unpaired) electrons. The highest BCUT2D eigenvalue weighted by molar-refractivity contribution is 5.70. The van der Waals surface area contributed by atoms with Crippen LogP contribution < -0.4 is 5.11 Å². The lowest BCUT2D eigenvalue weighted by Gasteiger charge is -2.26. The summed E-state index contributed by atoms with van der Waals surface area (Å²) in [7, 11) is 5.93. The number of esters is 2. The van der Waals surface area contributed by atoms with Gasteiger partial charge in [-0.2, -0.15) is 0 Å². The summed E-state index contributed by atoms with van der Waals surface area (Å²) in [5.74, 6) is -2.28. The SMILES string of the molecule is CC/C=C\C/C=C\C/C=C\C/C=C\C/C=C\C/C=C\C/C=C\CCCCCCCCCCCC(=O)OC(COC(=O)CCCCCCCCCCCCCCCCCCCCCCCCCCC)COC(OCC[N+](C)(C)C)C(=O)[O-]. The zero-order valence-corrected chi connectivity index (χ0v) is 53.4. The minimum atomic E-state index is -1.63. The van der Waals surface area contributed by atoms with Crippen LogP contribution in [0, 0.1) is 0 Å². The molecule has 0 bridgehead atoms. The lowest BCUT2D eigenvalue weighted by atomic mass is 10.0. The van der Waals surface area contributed by atoms with Gasteiger partial charge in [0.15, 0.2) is 12.4 Å². The molecule has 9 nitrogen and oxygen atoms in total. The first-order valence-electron chi connectivity index (χ1n) is 33.7. The number of carboxylic acids is 1. The van der Waals surface area contributed by atoms with Crippen LogP contribution in [0.1, 0.15) is 296 Å². The molecule has 0 amide bonds. The van der Waals surface area contributed by atoms with E-state index in [1.165, 1.54) is 173 Å². The Hall–Kier alpha value is -3.53. The van der Waals surface area contributed by atoms with E-state index in [1.54, 1.807) is 0 Å². The number of rotatable bonds is 62. The van der Waals surface area contributed by atoms with Gasteiger partial charge in [-0.1, -0.05) is 298 Å². The Kier molecular flexibility index (Phi) is 59.8. The maximum atomic E-state index is 12.9. The predicted octanol–water partition coefficient (Wildman–Crippen LogP) is 19.4. The van der Waals surface area contributed by atoms with Crippen LogP contribution >= 0.6 is 0 Å². The molecule has 0 aromatic rings. The fourth-order valence-corrected chi connectivity index (χ4v) is 9.52. The van der Waals surface area contributed by atoms with E-state index in [-0.39, 0.29) is 32.2 Å². The third-order valence-electron chi connectivity index (χ3n) is 14.7. The lowest BCUT2D eigenvalue weighted by Crippen LogP contribution is -2.44. The van der Waals surface area contributed by atoms with Crippen molar-refractivity contribution in [1.29, 1.82) is 0 Å². The summed E-state index contributed by atoms with van der Waals surface area (Å²) in [4.78, 5) is 37.5. The quantitative estimate of drug-likeness (QED) is 0.0195.